The minimum Gasteiger partial charge on any atom is -0.435 e. The summed E-state index contributed by atoms with van der Waals surface area (Å²) < 4.78 is 44.3. The summed E-state index contributed by atoms with van der Waals surface area (Å²) in [6.45, 7) is -2.87. The van der Waals surface area contributed by atoms with Crippen LogP contribution in [0.1, 0.15) is 5.56 Å². The number of rotatable bonds is 5. The van der Waals surface area contributed by atoms with Gasteiger partial charge in [0.1, 0.15) is 11.6 Å². The first-order valence-electron chi connectivity index (χ1n) is 7.56. The Kier molecular flexibility index (Phi) is 5.52. The Labute approximate surface area is 151 Å². The maximum Gasteiger partial charge on any atom is 0.387 e. The van der Waals surface area contributed by atoms with Crippen molar-refractivity contribution in [3.63, 3.8) is 0 Å². The van der Waals surface area contributed by atoms with Gasteiger partial charge in [0.25, 0.3) is 0 Å². The van der Waals surface area contributed by atoms with E-state index in [9.17, 15) is 13.2 Å². The van der Waals surface area contributed by atoms with E-state index in [0.717, 1.165) is 0 Å². The van der Waals surface area contributed by atoms with Crippen LogP contribution in [-0.4, -0.2) is 24.5 Å². The van der Waals surface area contributed by atoms with Crippen LogP contribution < -0.4 is 9.54 Å². The standard InChI is InChI=1S/C18H14F3N3OS/c1-22-18-24(16(11-26-18)14-4-2-3-5-15(14)19)23-10-12-6-8-13(9-7-12)25-17(20)21/h2-11,17H,1H3/b22-18?,23-10-. The van der Waals surface area contributed by atoms with Gasteiger partial charge in [-0.05, 0) is 42.0 Å². The molecule has 0 saturated carbocycles. The average molecular weight is 377 g/mol. The molecule has 0 fully saturated rings. The first kappa shape index (κ1) is 17.9. The largest absolute Gasteiger partial charge is 0.435 e. The molecule has 1 aromatic heterocycles. The van der Waals surface area contributed by atoms with Crippen LogP contribution in [0.2, 0.25) is 0 Å². The number of hydrogen-bond donors (Lipinski definition) is 0. The van der Waals surface area contributed by atoms with Crippen molar-refractivity contribution in [2.75, 3.05) is 7.05 Å². The fraction of sp³-hybridized carbons (Fsp3) is 0.111. The molecule has 0 amide bonds. The van der Waals surface area contributed by atoms with Crippen molar-refractivity contribution in [1.29, 1.82) is 0 Å². The maximum absolute atomic E-state index is 14.1. The average Bonchev–Trinajstić information content (AvgIpc) is 3.04. The van der Waals surface area contributed by atoms with Gasteiger partial charge in [-0.15, -0.1) is 11.3 Å². The minimum atomic E-state index is -2.87. The van der Waals surface area contributed by atoms with Crippen molar-refractivity contribution in [1.82, 2.24) is 4.68 Å². The molecule has 0 N–H and O–H groups in total. The number of alkyl halides is 2. The number of halogens is 3. The van der Waals surface area contributed by atoms with Crippen molar-refractivity contribution in [3.05, 3.63) is 70.1 Å². The third kappa shape index (κ3) is 4.02. The van der Waals surface area contributed by atoms with Gasteiger partial charge < -0.3 is 4.74 Å². The van der Waals surface area contributed by atoms with Crippen molar-refractivity contribution >= 4 is 17.6 Å². The van der Waals surface area contributed by atoms with E-state index >= 15 is 0 Å². The Balaban J connectivity index is 1.93. The fourth-order valence-corrected chi connectivity index (χ4v) is 3.07. The molecule has 3 rings (SSSR count). The smallest absolute Gasteiger partial charge is 0.387 e. The van der Waals surface area contributed by atoms with Gasteiger partial charge in [0.05, 0.1) is 11.9 Å². The summed E-state index contributed by atoms with van der Waals surface area (Å²) in [5, 5.41) is 6.14. The predicted molar refractivity (Wildman–Crippen MR) is 95.3 cm³/mol. The van der Waals surface area contributed by atoms with Crippen LogP contribution in [-0.2, 0) is 0 Å². The van der Waals surface area contributed by atoms with Gasteiger partial charge in [0.2, 0.25) is 4.80 Å². The lowest BCUT2D eigenvalue weighted by molar-refractivity contribution is -0.0498. The topological polar surface area (TPSA) is 38.9 Å². The summed E-state index contributed by atoms with van der Waals surface area (Å²) in [7, 11) is 1.62. The number of nitrogens with zero attached hydrogens (tertiary/aromatic N) is 3. The second-order valence-electron chi connectivity index (χ2n) is 5.11. The van der Waals surface area contributed by atoms with Gasteiger partial charge in [-0.2, -0.15) is 13.9 Å². The Hall–Kier alpha value is -2.87. The highest BCUT2D eigenvalue weighted by Crippen LogP contribution is 2.23. The quantitative estimate of drug-likeness (QED) is 0.609. The van der Waals surface area contributed by atoms with Gasteiger partial charge in [-0.1, -0.05) is 12.1 Å². The molecule has 0 bridgehead atoms. The van der Waals surface area contributed by atoms with Crippen LogP contribution in [0.15, 0.2) is 64.0 Å². The molecular weight excluding hydrogens is 363 g/mol. The second-order valence-corrected chi connectivity index (χ2v) is 5.95. The molecule has 3 aromatic rings. The summed E-state index contributed by atoms with van der Waals surface area (Å²) in [6.07, 6.45) is 1.54. The third-order valence-corrected chi connectivity index (χ3v) is 4.36. The third-order valence-electron chi connectivity index (χ3n) is 3.45. The van der Waals surface area contributed by atoms with Crippen LogP contribution in [0.5, 0.6) is 5.75 Å². The lowest BCUT2D eigenvalue weighted by atomic mass is 10.1. The van der Waals surface area contributed by atoms with Gasteiger partial charge in [-0.3, -0.25) is 4.99 Å². The molecule has 0 aliphatic rings. The van der Waals surface area contributed by atoms with E-state index in [0.29, 0.717) is 21.6 Å². The van der Waals surface area contributed by atoms with Crippen LogP contribution in [0, 0.1) is 5.82 Å². The highest BCUT2D eigenvalue weighted by Gasteiger charge is 2.11. The van der Waals surface area contributed by atoms with E-state index in [-0.39, 0.29) is 11.6 Å². The normalized spacial score (nSPS) is 12.3. The van der Waals surface area contributed by atoms with Crippen molar-refractivity contribution in [2.45, 2.75) is 6.61 Å². The second kappa shape index (κ2) is 8.01. The Morgan fingerprint density at radius 3 is 2.50 bits per heavy atom. The summed E-state index contributed by atoms with van der Waals surface area (Å²) in [4.78, 5) is 4.74. The van der Waals surface area contributed by atoms with Crippen LogP contribution >= 0.6 is 11.3 Å². The van der Waals surface area contributed by atoms with E-state index in [1.54, 1.807) is 42.8 Å². The summed E-state index contributed by atoms with van der Waals surface area (Å²) in [5.74, 6) is -0.290. The Bertz CT molecular complexity index is 978. The molecule has 0 radical (unpaired) electrons. The number of ether oxygens (including phenoxy) is 1. The lowest BCUT2D eigenvalue weighted by Crippen LogP contribution is -2.11. The molecular formula is C18H14F3N3OS. The SMILES string of the molecule is CN=c1scc(-c2ccccc2F)n1/N=C\c1ccc(OC(F)F)cc1. The molecule has 26 heavy (non-hydrogen) atoms. The molecule has 0 saturated heterocycles. The van der Waals surface area contributed by atoms with Crippen molar-refractivity contribution in [3.8, 4) is 17.0 Å². The van der Waals surface area contributed by atoms with Crippen LogP contribution in [0.4, 0.5) is 13.2 Å². The molecule has 8 heteroatoms. The van der Waals surface area contributed by atoms with E-state index in [4.69, 9.17) is 0 Å². The highest BCUT2D eigenvalue weighted by molar-refractivity contribution is 7.07. The Morgan fingerprint density at radius 2 is 1.85 bits per heavy atom. The van der Waals surface area contributed by atoms with Gasteiger partial charge in [-0.25, -0.2) is 9.07 Å². The molecule has 0 atom stereocenters. The predicted octanol–water partition coefficient (Wildman–Crippen LogP) is 4.37. The van der Waals surface area contributed by atoms with E-state index in [1.807, 2.05) is 0 Å². The molecule has 0 unspecified atom stereocenters. The lowest BCUT2D eigenvalue weighted by Gasteiger charge is -2.05. The summed E-state index contributed by atoms with van der Waals surface area (Å²) in [6, 6.07) is 12.5. The number of benzene rings is 2. The van der Waals surface area contributed by atoms with Gasteiger partial charge in [0.15, 0.2) is 0 Å². The zero-order valence-corrected chi connectivity index (χ0v) is 14.5. The van der Waals surface area contributed by atoms with E-state index < -0.39 is 6.61 Å². The molecule has 0 aliphatic heterocycles. The first-order chi connectivity index (χ1) is 12.6. The monoisotopic (exact) mass is 377 g/mol. The molecule has 0 aliphatic carbocycles. The molecule has 4 nitrogen and oxygen atoms in total. The Morgan fingerprint density at radius 1 is 1.12 bits per heavy atom. The van der Waals surface area contributed by atoms with Gasteiger partial charge in [0, 0.05) is 18.0 Å². The summed E-state index contributed by atoms with van der Waals surface area (Å²) >= 11 is 1.34. The molecule has 0 spiro atoms. The number of hydrogen-bond acceptors (Lipinski definition) is 4. The van der Waals surface area contributed by atoms with Crippen LogP contribution in [0.25, 0.3) is 11.3 Å². The zero-order valence-electron chi connectivity index (χ0n) is 13.6. The zero-order chi connectivity index (χ0) is 18.5. The molecule has 134 valence electrons. The van der Waals surface area contributed by atoms with E-state index in [1.165, 1.54) is 40.4 Å². The minimum absolute atomic E-state index is 0.0663. The number of aromatic nitrogens is 1. The van der Waals surface area contributed by atoms with Gasteiger partial charge >= 0.3 is 6.61 Å². The van der Waals surface area contributed by atoms with E-state index in [2.05, 4.69) is 14.8 Å². The highest BCUT2D eigenvalue weighted by atomic mass is 32.1. The molecule has 1 heterocycles. The maximum atomic E-state index is 14.1. The number of thiazole rings is 1. The first-order valence-corrected chi connectivity index (χ1v) is 8.44. The van der Waals surface area contributed by atoms with Crippen molar-refractivity contribution in [2.24, 2.45) is 10.1 Å². The van der Waals surface area contributed by atoms with Crippen molar-refractivity contribution < 1.29 is 17.9 Å². The summed E-state index contributed by atoms with van der Waals surface area (Å²) in [5.41, 5.74) is 1.66. The molecule has 2 aromatic carbocycles. The van der Waals surface area contributed by atoms with Crippen LogP contribution in [0.3, 0.4) is 0 Å². The fourth-order valence-electron chi connectivity index (χ4n) is 2.28.